The number of aryl methyl sites for hydroxylation is 2. The number of likely N-dealkylation sites (N-methyl/N-ethyl adjacent to an activating group) is 1. The van der Waals surface area contributed by atoms with Gasteiger partial charge in [-0.25, -0.2) is 4.98 Å². The third kappa shape index (κ3) is 4.25. The fraction of sp³-hybridized carbons (Fsp3) is 0.250. The van der Waals surface area contributed by atoms with Gasteiger partial charge in [-0.05, 0) is 38.1 Å². The van der Waals surface area contributed by atoms with Gasteiger partial charge in [-0.2, -0.15) is 0 Å². The lowest BCUT2D eigenvalue weighted by molar-refractivity contribution is -0.130. The van der Waals surface area contributed by atoms with Crippen LogP contribution < -0.4 is 4.74 Å². The zero-order chi connectivity index (χ0) is 19.6. The molecule has 7 heteroatoms. The third-order valence-electron chi connectivity index (χ3n) is 4.04. The van der Waals surface area contributed by atoms with Gasteiger partial charge < -0.3 is 9.64 Å². The molecule has 0 unspecified atom stereocenters. The molecule has 0 aliphatic carbocycles. The van der Waals surface area contributed by atoms with E-state index in [2.05, 4.69) is 4.98 Å². The van der Waals surface area contributed by atoms with E-state index in [1.165, 1.54) is 11.0 Å². The van der Waals surface area contributed by atoms with Crippen molar-refractivity contribution in [2.24, 2.45) is 0 Å². The molecule has 0 N–H and O–H groups in total. The van der Waals surface area contributed by atoms with Crippen LogP contribution in [0.4, 0.5) is 0 Å². The summed E-state index contributed by atoms with van der Waals surface area (Å²) < 4.78 is 7.46. The minimum Gasteiger partial charge on any atom is -0.484 e. The third-order valence-corrected chi connectivity index (χ3v) is 4.93. The number of rotatable bonds is 6. The predicted octanol–water partition coefficient (Wildman–Crippen LogP) is 3.38. The number of aromatic nitrogens is 2. The van der Waals surface area contributed by atoms with Crippen molar-refractivity contribution in [3.05, 3.63) is 58.4 Å². The van der Waals surface area contributed by atoms with E-state index >= 15 is 0 Å². The highest BCUT2D eigenvalue weighted by Gasteiger charge is 2.10. The van der Waals surface area contributed by atoms with E-state index < -0.39 is 0 Å². The number of imidazole rings is 1. The standard InChI is InChI=1S/C20H21N3O3S/c1-13-11-23-17(14(2)21-20(23)27-13)8-9-18(24)15-6-5-7-16(10-15)26-12-19(25)22(3)4/h5-11H,12H2,1-4H3/b9-8+. The van der Waals surface area contributed by atoms with Gasteiger partial charge in [0.05, 0.1) is 11.4 Å². The zero-order valence-electron chi connectivity index (χ0n) is 15.7. The van der Waals surface area contributed by atoms with E-state index in [9.17, 15) is 9.59 Å². The highest BCUT2D eigenvalue weighted by molar-refractivity contribution is 7.17. The molecule has 2 heterocycles. The number of ketones is 1. The lowest BCUT2D eigenvalue weighted by Gasteiger charge is -2.11. The summed E-state index contributed by atoms with van der Waals surface area (Å²) in [6, 6.07) is 6.83. The second-order valence-corrected chi connectivity index (χ2v) is 7.59. The number of nitrogens with zero attached hydrogens (tertiary/aromatic N) is 3. The first-order valence-corrected chi connectivity index (χ1v) is 9.27. The molecule has 1 amide bonds. The zero-order valence-corrected chi connectivity index (χ0v) is 16.5. The molecule has 0 saturated heterocycles. The van der Waals surface area contributed by atoms with Gasteiger partial charge in [0, 0.05) is 30.7 Å². The van der Waals surface area contributed by atoms with Crippen LogP contribution in [0.2, 0.25) is 0 Å². The molecule has 0 saturated carbocycles. The second kappa shape index (κ2) is 7.75. The van der Waals surface area contributed by atoms with E-state index in [-0.39, 0.29) is 18.3 Å². The van der Waals surface area contributed by atoms with Gasteiger partial charge in [0.2, 0.25) is 0 Å². The van der Waals surface area contributed by atoms with Gasteiger partial charge in [0.1, 0.15) is 5.75 Å². The fourth-order valence-corrected chi connectivity index (χ4v) is 3.42. The van der Waals surface area contributed by atoms with Gasteiger partial charge in [-0.15, -0.1) is 11.3 Å². The van der Waals surface area contributed by atoms with E-state index in [1.807, 2.05) is 24.4 Å². The van der Waals surface area contributed by atoms with E-state index in [4.69, 9.17) is 4.74 Å². The number of allylic oxidation sites excluding steroid dienone is 1. The van der Waals surface area contributed by atoms with Gasteiger partial charge in [0.25, 0.3) is 5.91 Å². The summed E-state index contributed by atoms with van der Waals surface area (Å²) in [6.07, 6.45) is 5.33. The fourth-order valence-electron chi connectivity index (χ4n) is 2.55. The normalized spacial score (nSPS) is 11.3. The molecular formula is C20H21N3O3S. The summed E-state index contributed by atoms with van der Waals surface area (Å²) in [5.74, 6) is 0.208. The maximum Gasteiger partial charge on any atom is 0.259 e. The monoisotopic (exact) mass is 383 g/mol. The highest BCUT2D eigenvalue weighted by atomic mass is 32.1. The molecule has 1 aromatic carbocycles. The molecule has 0 spiro atoms. The Morgan fingerprint density at radius 1 is 1.30 bits per heavy atom. The quantitative estimate of drug-likeness (QED) is 0.484. The summed E-state index contributed by atoms with van der Waals surface area (Å²) in [5, 5.41) is 0. The minimum atomic E-state index is -0.141. The van der Waals surface area contributed by atoms with E-state index in [0.717, 1.165) is 21.2 Å². The smallest absolute Gasteiger partial charge is 0.259 e. The number of hydrogen-bond donors (Lipinski definition) is 0. The molecule has 0 aliphatic heterocycles. The molecule has 27 heavy (non-hydrogen) atoms. The van der Waals surface area contributed by atoms with Crippen LogP contribution in [0.1, 0.15) is 26.6 Å². The predicted molar refractivity (Wildman–Crippen MR) is 107 cm³/mol. The van der Waals surface area contributed by atoms with Crippen LogP contribution in [0.3, 0.4) is 0 Å². The number of benzene rings is 1. The number of fused-ring (bicyclic) bond motifs is 1. The van der Waals surface area contributed by atoms with Gasteiger partial charge in [-0.1, -0.05) is 12.1 Å². The number of ether oxygens (including phenoxy) is 1. The molecule has 140 valence electrons. The Labute approximate surface area is 161 Å². The lowest BCUT2D eigenvalue weighted by atomic mass is 10.1. The maximum absolute atomic E-state index is 12.5. The lowest BCUT2D eigenvalue weighted by Crippen LogP contribution is -2.27. The topological polar surface area (TPSA) is 63.9 Å². The Morgan fingerprint density at radius 3 is 2.81 bits per heavy atom. The molecule has 0 aliphatic rings. The van der Waals surface area contributed by atoms with Gasteiger partial charge >= 0.3 is 0 Å². The molecule has 6 nitrogen and oxygen atoms in total. The number of hydrogen-bond acceptors (Lipinski definition) is 5. The van der Waals surface area contributed by atoms with E-state index in [0.29, 0.717) is 11.3 Å². The average Bonchev–Trinajstić information content (AvgIpc) is 3.12. The van der Waals surface area contributed by atoms with Crippen molar-refractivity contribution in [2.45, 2.75) is 13.8 Å². The molecule has 0 bridgehead atoms. The summed E-state index contributed by atoms with van der Waals surface area (Å²) in [6.45, 7) is 3.89. The van der Waals surface area contributed by atoms with E-state index in [1.54, 1.807) is 55.8 Å². The van der Waals surface area contributed by atoms with Crippen molar-refractivity contribution in [1.82, 2.24) is 14.3 Å². The summed E-state index contributed by atoms with van der Waals surface area (Å²) in [7, 11) is 3.33. The number of thiazole rings is 1. The van der Waals surface area contributed by atoms with Crippen LogP contribution in [-0.2, 0) is 4.79 Å². The summed E-state index contributed by atoms with van der Waals surface area (Å²) in [5.41, 5.74) is 2.28. The van der Waals surface area contributed by atoms with Gasteiger partial charge in [-0.3, -0.25) is 14.0 Å². The number of carbonyl (C=O) groups is 2. The molecule has 3 rings (SSSR count). The van der Waals surface area contributed by atoms with Crippen molar-refractivity contribution in [2.75, 3.05) is 20.7 Å². The van der Waals surface area contributed by atoms with Gasteiger partial charge in [0.15, 0.2) is 17.4 Å². The Kier molecular flexibility index (Phi) is 5.41. The molecule has 3 aromatic rings. The van der Waals surface area contributed by atoms with Crippen molar-refractivity contribution in [3.8, 4) is 5.75 Å². The van der Waals surface area contributed by atoms with Crippen molar-refractivity contribution < 1.29 is 14.3 Å². The average molecular weight is 383 g/mol. The van der Waals surface area contributed by atoms with Crippen molar-refractivity contribution in [1.29, 1.82) is 0 Å². The molecule has 0 radical (unpaired) electrons. The summed E-state index contributed by atoms with van der Waals surface area (Å²) in [4.78, 5) is 32.2. The maximum atomic E-state index is 12.5. The van der Waals surface area contributed by atoms with Crippen LogP contribution >= 0.6 is 11.3 Å². The molecule has 0 atom stereocenters. The van der Waals surface area contributed by atoms with Crippen molar-refractivity contribution in [3.63, 3.8) is 0 Å². The molecular weight excluding hydrogens is 362 g/mol. The van der Waals surface area contributed by atoms with Crippen LogP contribution in [0, 0.1) is 13.8 Å². The first-order chi connectivity index (χ1) is 12.8. The largest absolute Gasteiger partial charge is 0.484 e. The van der Waals surface area contributed by atoms with Crippen LogP contribution in [0.15, 0.2) is 36.5 Å². The Balaban J connectivity index is 1.75. The highest BCUT2D eigenvalue weighted by Crippen LogP contribution is 2.22. The Morgan fingerprint density at radius 2 is 2.07 bits per heavy atom. The molecule has 0 fully saturated rings. The van der Waals surface area contributed by atoms with Crippen LogP contribution in [0.25, 0.3) is 11.0 Å². The Hall–Kier alpha value is -2.93. The molecule has 2 aromatic heterocycles. The SMILES string of the molecule is Cc1cn2c(/C=C/C(=O)c3cccc(OCC(=O)N(C)C)c3)c(C)nc2s1. The first kappa shape index (κ1) is 18.8. The number of carbonyl (C=O) groups excluding carboxylic acids is 2. The first-order valence-electron chi connectivity index (χ1n) is 8.45. The van der Waals surface area contributed by atoms with Crippen LogP contribution in [-0.4, -0.2) is 46.7 Å². The number of amides is 1. The second-order valence-electron chi connectivity index (χ2n) is 6.38. The Bertz CT molecular complexity index is 1030. The minimum absolute atomic E-state index is 0.0645. The van der Waals surface area contributed by atoms with Crippen molar-refractivity contribution >= 4 is 34.1 Å². The van der Waals surface area contributed by atoms with Crippen LogP contribution in [0.5, 0.6) is 5.75 Å². The summed E-state index contributed by atoms with van der Waals surface area (Å²) >= 11 is 1.61.